The monoisotopic (exact) mass is 385 g/mol. The lowest BCUT2D eigenvalue weighted by Crippen LogP contribution is -2.14. The van der Waals surface area contributed by atoms with Gasteiger partial charge in [0, 0.05) is 0 Å². The summed E-state index contributed by atoms with van der Waals surface area (Å²) >= 11 is 6.01. The van der Waals surface area contributed by atoms with Gasteiger partial charge in [-0.05, 0) is 73.4 Å². The molecule has 0 heterocycles. The predicted octanol–water partition coefficient (Wildman–Crippen LogP) is 6.25. The Hall–Kier alpha value is -2.38. The van der Waals surface area contributed by atoms with Crippen LogP contribution in [0.5, 0.6) is 5.75 Å². The van der Waals surface area contributed by atoms with Gasteiger partial charge in [0.1, 0.15) is 11.6 Å². The maximum absolute atomic E-state index is 14.5. The third-order valence-electron chi connectivity index (χ3n) is 5.37. The Morgan fingerprint density at radius 3 is 2.56 bits per heavy atom. The Labute approximate surface area is 163 Å². The van der Waals surface area contributed by atoms with Crippen LogP contribution in [0, 0.1) is 23.1 Å². The summed E-state index contributed by atoms with van der Waals surface area (Å²) in [5, 5.41) is 8.98. The van der Waals surface area contributed by atoms with Gasteiger partial charge in [-0.3, -0.25) is 0 Å². The second kappa shape index (κ2) is 8.54. The molecule has 2 aromatic carbocycles. The number of esters is 1. The van der Waals surface area contributed by atoms with E-state index in [2.05, 4.69) is 6.92 Å². The summed E-state index contributed by atoms with van der Waals surface area (Å²) in [5.74, 6) is -0.167. The van der Waals surface area contributed by atoms with Crippen LogP contribution in [-0.4, -0.2) is 5.97 Å². The van der Waals surface area contributed by atoms with E-state index in [1.807, 2.05) is 12.1 Å². The van der Waals surface area contributed by atoms with Crippen molar-refractivity contribution in [1.29, 1.82) is 5.26 Å². The molecular formula is C22H21ClFNO2. The van der Waals surface area contributed by atoms with E-state index in [4.69, 9.17) is 21.6 Å². The lowest BCUT2D eigenvalue weighted by Gasteiger charge is -2.28. The fraction of sp³-hybridized carbons (Fsp3) is 0.364. The van der Waals surface area contributed by atoms with Gasteiger partial charge in [0.25, 0.3) is 0 Å². The highest BCUT2D eigenvalue weighted by Crippen LogP contribution is 2.37. The first-order valence-corrected chi connectivity index (χ1v) is 9.60. The van der Waals surface area contributed by atoms with E-state index in [0.717, 1.165) is 24.3 Å². The van der Waals surface area contributed by atoms with E-state index in [-0.39, 0.29) is 16.3 Å². The van der Waals surface area contributed by atoms with Crippen LogP contribution in [0.3, 0.4) is 0 Å². The fourth-order valence-electron chi connectivity index (χ4n) is 3.66. The molecule has 0 atom stereocenters. The zero-order chi connectivity index (χ0) is 19.4. The Kier molecular flexibility index (Phi) is 6.13. The van der Waals surface area contributed by atoms with Gasteiger partial charge < -0.3 is 4.74 Å². The molecule has 0 N–H and O–H groups in total. The molecule has 0 aliphatic heterocycles. The number of hydrogen-bond acceptors (Lipinski definition) is 3. The molecule has 3 rings (SSSR count). The molecule has 3 nitrogen and oxygen atoms in total. The molecule has 140 valence electrons. The standard InChI is InChI=1S/C22H21ClFNO2/c1-2-14-3-6-16(7-4-14)17-8-9-18(20(24)12-17)22(26)27-21-10-5-15(13-25)11-19(21)23/h5,8-12,14,16H,2-4,6-7H2,1H3. The summed E-state index contributed by atoms with van der Waals surface area (Å²) in [6.45, 7) is 2.21. The highest BCUT2D eigenvalue weighted by molar-refractivity contribution is 6.32. The smallest absolute Gasteiger partial charge is 0.346 e. The second-order valence-electron chi connectivity index (χ2n) is 7.01. The summed E-state index contributed by atoms with van der Waals surface area (Å²) in [4.78, 5) is 12.3. The minimum absolute atomic E-state index is 0.0991. The van der Waals surface area contributed by atoms with Crippen molar-refractivity contribution < 1.29 is 13.9 Å². The number of halogens is 2. The van der Waals surface area contributed by atoms with Gasteiger partial charge in [0.05, 0.1) is 22.2 Å². The van der Waals surface area contributed by atoms with Crippen LogP contribution in [0.15, 0.2) is 36.4 Å². The first-order valence-electron chi connectivity index (χ1n) is 9.23. The Balaban J connectivity index is 1.72. The second-order valence-corrected chi connectivity index (χ2v) is 7.42. The normalized spacial score (nSPS) is 19.3. The molecule has 0 spiro atoms. The highest BCUT2D eigenvalue weighted by atomic mass is 35.5. The van der Waals surface area contributed by atoms with E-state index < -0.39 is 11.8 Å². The zero-order valence-electron chi connectivity index (χ0n) is 15.2. The first kappa shape index (κ1) is 19.4. The Morgan fingerprint density at radius 2 is 1.96 bits per heavy atom. The maximum Gasteiger partial charge on any atom is 0.346 e. The molecule has 0 aromatic heterocycles. The van der Waals surface area contributed by atoms with Crippen molar-refractivity contribution in [3.63, 3.8) is 0 Å². The molecule has 2 aromatic rings. The molecule has 0 unspecified atom stereocenters. The molecule has 0 amide bonds. The van der Waals surface area contributed by atoms with Crippen molar-refractivity contribution in [2.24, 2.45) is 5.92 Å². The molecule has 0 radical (unpaired) electrons. The van der Waals surface area contributed by atoms with Gasteiger partial charge in [0.2, 0.25) is 0 Å². The number of nitrogens with zero attached hydrogens (tertiary/aromatic N) is 1. The number of carbonyl (C=O) groups excluding carboxylic acids is 1. The van der Waals surface area contributed by atoms with Gasteiger partial charge in [-0.1, -0.05) is 31.0 Å². The number of ether oxygens (including phenoxy) is 1. The van der Waals surface area contributed by atoms with Gasteiger partial charge in [-0.25, -0.2) is 9.18 Å². The first-order chi connectivity index (χ1) is 13.0. The molecule has 1 fully saturated rings. The topological polar surface area (TPSA) is 50.1 Å². The largest absolute Gasteiger partial charge is 0.421 e. The lowest BCUT2D eigenvalue weighted by molar-refractivity contribution is 0.0730. The van der Waals surface area contributed by atoms with Gasteiger partial charge in [-0.2, -0.15) is 5.26 Å². The van der Waals surface area contributed by atoms with Gasteiger partial charge >= 0.3 is 5.97 Å². The zero-order valence-corrected chi connectivity index (χ0v) is 15.9. The molecule has 0 bridgehead atoms. The predicted molar refractivity (Wildman–Crippen MR) is 103 cm³/mol. The van der Waals surface area contributed by atoms with E-state index in [9.17, 15) is 9.18 Å². The minimum Gasteiger partial charge on any atom is -0.421 e. The van der Waals surface area contributed by atoms with Crippen LogP contribution in [-0.2, 0) is 0 Å². The van der Waals surface area contributed by atoms with Crippen molar-refractivity contribution in [2.75, 3.05) is 0 Å². The average molecular weight is 386 g/mol. The lowest BCUT2D eigenvalue weighted by atomic mass is 9.78. The fourth-order valence-corrected chi connectivity index (χ4v) is 3.88. The molecule has 1 aliphatic carbocycles. The summed E-state index contributed by atoms with van der Waals surface area (Å²) < 4.78 is 19.7. The number of hydrogen-bond donors (Lipinski definition) is 0. The van der Waals surface area contributed by atoms with Crippen LogP contribution in [0.4, 0.5) is 4.39 Å². The van der Waals surface area contributed by atoms with E-state index in [1.54, 1.807) is 0 Å². The molecule has 27 heavy (non-hydrogen) atoms. The summed E-state index contributed by atoms with van der Waals surface area (Å²) in [6.07, 6.45) is 5.66. The summed E-state index contributed by atoms with van der Waals surface area (Å²) in [6, 6.07) is 11.0. The maximum atomic E-state index is 14.5. The minimum atomic E-state index is -0.805. The number of nitriles is 1. The molecule has 5 heteroatoms. The van der Waals surface area contributed by atoms with Crippen LogP contribution >= 0.6 is 11.6 Å². The van der Waals surface area contributed by atoms with E-state index >= 15 is 0 Å². The van der Waals surface area contributed by atoms with Crippen molar-refractivity contribution in [2.45, 2.75) is 44.9 Å². The SMILES string of the molecule is CCC1CCC(c2ccc(C(=O)Oc3ccc(C#N)cc3Cl)c(F)c2)CC1. The Bertz CT molecular complexity index is 882. The number of carbonyl (C=O) groups is 1. The van der Waals surface area contributed by atoms with Crippen LogP contribution in [0.25, 0.3) is 0 Å². The van der Waals surface area contributed by atoms with Crippen LogP contribution < -0.4 is 4.74 Å². The highest BCUT2D eigenvalue weighted by Gasteiger charge is 2.23. The summed E-state index contributed by atoms with van der Waals surface area (Å²) in [7, 11) is 0. The molecule has 1 aliphatic rings. The summed E-state index contributed by atoms with van der Waals surface area (Å²) in [5.41, 5.74) is 1.17. The van der Waals surface area contributed by atoms with Crippen molar-refractivity contribution in [3.05, 3.63) is 63.9 Å². The third kappa shape index (κ3) is 4.48. The van der Waals surface area contributed by atoms with Crippen LogP contribution in [0.1, 0.15) is 66.4 Å². The van der Waals surface area contributed by atoms with Crippen molar-refractivity contribution in [3.8, 4) is 11.8 Å². The van der Waals surface area contributed by atoms with Crippen molar-refractivity contribution in [1.82, 2.24) is 0 Å². The Morgan fingerprint density at radius 1 is 1.22 bits per heavy atom. The van der Waals surface area contributed by atoms with Gasteiger partial charge in [-0.15, -0.1) is 0 Å². The molecule has 0 saturated heterocycles. The quantitative estimate of drug-likeness (QED) is 0.461. The van der Waals surface area contributed by atoms with Crippen molar-refractivity contribution >= 4 is 17.6 Å². The third-order valence-corrected chi connectivity index (χ3v) is 5.67. The average Bonchev–Trinajstić information content (AvgIpc) is 2.69. The van der Waals surface area contributed by atoms with Crippen LogP contribution in [0.2, 0.25) is 5.02 Å². The van der Waals surface area contributed by atoms with E-state index in [1.165, 1.54) is 49.6 Å². The number of rotatable bonds is 4. The van der Waals surface area contributed by atoms with Gasteiger partial charge in [0.15, 0.2) is 0 Å². The molecule has 1 saturated carbocycles. The molecular weight excluding hydrogens is 365 g/mol. The van der Waals surface area contributed by atoms with E-state index in [0.29, 0.717) is 11.5 Å². The number of benzene rings is 2.